The summed E-state index contributed by atoms with van der Waals surface area (Å²) in [6.45, 7) is 8.18. The summed E-state index contributed by atoms with van der Waals surface area (Å²) in [5.74, 6) is -0.0927. The summed E-state index contributed by atoms with van der Waals surface area (Å²) in [6.07, 6.45) is 1.04. The fraction of sp³-hybridized carbons (Fsp3) is 0.917. The number of rotatable bonds is 4. The molecule has 4 nitrogen and oxygen atoms in total. The normalized spacial score (nSPS) is 29.3. The molecule has 0 aromatic heterocycles. The van der Waals surface area contributed by atoms with E-state index in [-0.39, 0.29) is 5.92 Å². The van der Waals surface area contributed by atoms with Gasteiger partial charge in [0.2, 0.25) is 0 Å². The zero-order valence-corrected chi connectivity index (χ0v) is 10.7. The van der Waals surface area contributed by atoms with Gasteiger partial charge in [0.15, 0.2) is 0 Å². The first-order chi connectivity index (χ1) is 7.41. The first-order valence-corrected chi connectivity index (χ1v) is 6.09. The minimum atomic E-state index is -0.735. The Bertz CT molecular complexity index is 243. The van der Waals surface area contributed by atoms with E-state index in [2.05, 4.69) is 24.2 Å². The summed E-state index contributed by atoms with van der Waals surface area (Å²) in [6, 6.07) is -0.0874. The second-order valence-corrected chi connectivity index (χ2v) is 5.36. The number of aliphatic carboxylic acids is 1. The van der Waals surface area contributed by atoms with E-state index in [4.69, 9.17) is 5.11 Å². The summed E-state index contributed by atoms with van der Waals surface area (Å²) >= 11 is 0. The highest BCUT2D eigenvalue weighted by molar-refractivity contribution is 5.73. The molecular formula is C12H24N2O2. The Morgan fingerprint density at radius 2 is 2.12 bits per heavy atom. The predicted molar refractivity (Wildman–Crippen MR) is 64.5 cm³/mol. The van der Waals surface area contributed by atoms with Crippen molar-refractivity contribution < 1.29 is 9.90 Å². The topological polar surface area (TPSA) is 52.6 Å². The van der Waals surface area contributed by atoms with Crippen molar-refractivity contribution in [3.8, 4) is 0 Å². The molecule has 1 aliphatic heterocycles. The molecule has 3 unspecified atom stereocenters. The lowest BCUT2D eigenvalue weighted by Crippen LogP contribution is -2.53. The fourth-order valence-corrected chi connectivity index (χ4v) is 2.38. The minimum Gasteiger partial charge on any atom is -0.480 e. The van der Waals surface area contributed by atoms with Gasteiger partial charge in [-0.05, 0) is 31.8 Å². The Morgan fingerprint density at radius 1 is 1.50 bits per heavy atom. The van der Waals surface area contributed by atoms with E-state index in [9.17, 15) is 4.79 Å². The monoisotopic (exact) mass is 228 g/mol. The number of nitrogens with zero attached hydrogens (tertiary/aromatic N) is 1. The van der Waals surface area contributed by atoms with Crippen LogP contribution in [0.4, 0.5) is 0 Å². The lowest BCUT2D eigenvalue weighted by Gasteiger charge is -2.37. The number of carboxylic acids is 1. The lowest BCUT2D eigenvalue weighted by atomic mass is 9.92. The van der Waals surface area contributed by atoms with Crippen LogP contribution in [-0.4, -0.2) is 48.2 Å². The maximum atomic E-state index is 11.1. The smallest absolute Gasteiger partial charge is 0.320 e. The van der Waals surface area contributed by atoms with Gasteiger partial charge in [-0.25, -0.2) is 0 Å². The lowest BCUT2D eigenvalue weighted by molar-refractivity contribution is -0.141. The Hall–Kier alpha value is -0.610. The molecule has 0 spiro atoms. The van der Waals surface area contributed by atoms with Crippen LogP contribution < -0.4 is 5.32 Å². The quantitative estimate of drug-likeness (QED) is 0.754. The SMILES string of the molecule is CC(C)C(NC1CCN(C)CC1C)C(=O)O. The third-order valence-electron chi connectivity index (χ3n) is 3.43. The second-order valence-electron chi connectivity index (χ2n) is 5.36. The predicted octanol–water partition coefficient (Wildman–Crippen LogP) is 1.03. The summed E-state index contributed by atoms with van der Waals surface area (Å²) in [4.78, 5) is 13.4. The van der Waals surface area contributed by atoms with Crippen molar-refractivity contribution in [2.75, 3.05) is 20.1 Å². The molecule has 1 saturated heterocycles. The summed E-state index contributed by atoms with van der Waals surface area (Å²) in [5, 5.41) is 12.4. The Labute approximate surface area is 98.0 Å². The molecule has 94 valence electrons. The summed E-state index contributed by atoms with van der Waals surface area (Å²) in [7, 11) is 2.11. The van der Waals surface area contributed by atoms with Gasteiger partial charge in [-0.2, -0.15) is 0 Å². The van der Waals surface area contributed by atoms with Gasteiger partial charge in [-0.3, -0.25) is 4.79 Å². The van der Waals surface area contributed by atoms with E-state index in [1.165, 1.54) is 0 Å². The van der Waals surface area contributed by atoms with Gasteiger partial charge in [0.1, 0.15) is 6.04 Å². The van der Waals surface area contributed by atoms with Gasteiger partial charge in [0.25, 0.3) is 0 Å². The largest absolute Gasteiger partial charge is 0.480 e. The molecule has 1 fully saturated rings. The van der Waals surface area contributed by atoms with Crippen molar-refractivity contribution in [1.82, 2.24) is 10.2 Å². The molecule has 0 bridgehead atoms. The number of carbonyl (C=O) groups is 1. The van der Waals surface area contributed by atoms with Crippen molar-refractivity contribution in [2.45, 2.75) is 39.3 Å². The van der Waals surface area contributed by atoms with Crippen LogP contribution >= 0.6 is 0 Å². The minimum absolute atomic E-state index is 0.129. The van der Waals surface area contributed by atoms with E-state index in [1.807, 2.05) is 13.8 Å². The highest BCUT2D eigenvalue weighted by atomic mass is 16.4. The van der Waals surface area contributed by atoms with E-state index >= 15 is 0 Å². The van der Waals surface area contributed by atoms with E-state index < -0.39 is 12.0 Å². The van der Waals surface area contributed by atoms with Crippen LogP contribution in [0, 0.1) is 11.8 Å². The highest BCUT2D eigenvalue weighted by Gasteiger charge is 2.30. The molecular weight excluding hydrogens is 204 g/mol. The Balaban J connectivity index is 2.54. The third-order valence-corrected chi connectivity index (χ3v) is 3.43. The summed E-state index contributed by atoms with van der Waals surface area (Å²) < 4.78 is 0. The molecule has 1 rings (SSSR count). The van der Waals surface area contributed by atoms with Crippen LogP contribution in [0.5, 0.6) is 0 Å². The number of likely N-dealkylation sites (tertiary alicyclic amines) is 1. The average molecular weight is 228 g/mol. The molecule has 0 aliphatic carbocycles. The van der Waals surface area contributed by atoms with E-state index in [1.54, 1.807) is 0 Å². The molecule has 0 amide bonds. The molecule has 0 saturated carbocycles. The van der Waals surface area contributed by atoms with Gasteiger partial charge < -0.3 is 15.3 Å². The molecule has 1 aliphatic rings. The first-order valence-electron chi connectivity index (χ1n) is 6.09. The number of nitrogens with one attached hydrogen (secondary N) is 1. The standard InChI is InChI=1S/C12H24N2O2/c1-8(2)11(12(15)16)13-10-5-6-14(4)7-9(10)3/h8-11,13H,5-7H2,1-4H3,(H,15,16). The van der Waals surface area contributed by atoms with E-state index in [0.29, 0.717) is 12.0 Å². The molecule has 0 radical (unpaired) electrons. The molecule has 0 aromatic carbocycles. The number of carboxylic acid groups (broad SMARTS) is 1. The number of hydrogen-bond donors (Lipinski definition) is 2. The zero-order chi connectivity index (χ0) is 12.3. The number of hydrogen-bond acceptors (Lipinski definition) is 3. The Morgan fingerprint density at radius 3 is 2.56 bits per heavy atom. The zero-order valence-electron chi connectivity index (χ0n) is 10.7. The van der Waals surface area contributed by atoms with Crippen molar-refractivity contribution in [3.63, 3.8) is 0 Å². The molecule has 2 N–H and O–H groups in total. The Kier molecular flexibility index (Phi) is 4.74. The molecule has 3 atom stereocenters. The van der Waals surface area contributed by atoms with Gasteiger partial charge in [-0.1, -0.05) is 20.8 Å². The fourth-order valence-electron chi connectivity index (χ4n) is 2.38. The first kappa shape index (κ1) is 13.5. The molecule has 16 heavy (non-hydrogen) atoms. The van der Waals surface area contributed by atoms with Crippen molar-refractivity contribution >= 4 is 5.97 Å². The van der Waals surface area contributed by atoms with Crippen LogP contribution in [-0.2, 0) is 4.79 Å². The van der Waals surface area contributed by atoms with Crippen molar-refractivity contribution in [1.29, 1.82) is 0 Å². The summed E-state index contributed by atoms with van der Waals surface area (Å²) in [5.41, 5.74) is 0. The molecule has 0 aromatic rings. The highest BCUT2D eigenvalue weighted by Crippen LogP contribution is 2.17. The maximum Gasteiger partial charge on any atom is 0.320 e. The van der Waals surface area contributed by atoms with Crippen molar-refractivity contribution in [2.24, 2.45) is 11.8 Å². The van der Waals surface area contributed by atoms with Crippen LogP contribution in [0.3, 0.4) is 0 Å². The van der Waals surface area contributed by atoms with Gasteiger partial charge >= 0.3 is 5.97 Å². The molecule has 1 heterocycles. The van der Waals surface area contributed by atoms with Crippen LogP contribution in [0.25, 0.3) is 0 Å². The van der Waals surface area contributed by atoms with Crippen LogP contribution in [0.1, 0.15) is 27.2 Å². The third kappa shape index (κ3) is 3.46. The number of piperidine rings is 1. The van der Waals surface area contributed by atoms with Gasteiger partial charge in [0, 0.05) is 12.6 Å². The van der Waals surface area contributed by atoms with Gasteiger partial charge in [-0.15, -0.1) is 0 Å². The average Bonchev–Trinajstić information content (AvgIpc) is 2.15. The maximum absolute atomic E-state index is 11.1. The van der Waals surface area contributed by atoms with Crippen LogP contribution in [0.2, 0.25) is 0 Å². The van der Waals surface area contributed by atoms with Crippen LogP contribution in [0.15, 0.2) is 0 Å². The van der Waals surface area contributed by atoms with Crippen molar-refractivity contribution in [3.05, 3.63) is 0 Å². The van der Waals surface area contributed by atoms with E-state index in [0.717, 1.165) is 19.5 Å². The van der Waals surface area contributed by atoms with Gasteiger partial charge in [0.05, 0.1) is 0 Å². The second kappa shape index (κ2) is 5.64. The molecule has 4 heteroatoms.